The Labute approximate surface area is 322 Å². The minimum Gasteiger partial charge on any atom is -0.453 e. The third kappa shape index (κ3) is 7.64. The number of hydrogen-bond donors (Lipinski definition) is 1. The molecule has 2 aromatic carbocycles. The molecule has 1 aromatic heterocycles. The highest BCUT2D eigenvalue weighted by molar-refractivity contribution is 7.92. The Morgan fingerprint density at radius 3 is 2.47 bits per heavy atom. The molecule has 1 aliphatic carbocycles. The second-order valence-corrected chi connectivity index (χ2v) is 18.0. The number of alkyl carbamates (subject to hydrolysis) is 1. The number of likely N-dealkylation sites (tertiary alicyclic amines) is 2. The number of anilines is 1. The number of carbonyl (C=O) groups is 2. The standard InChI is InChI=1S/C41H52F2N6O5S/c1-4-37-44-18-21-47(37)28-41(30-8-6-9-31(42)22-30,35-10-7-11-36(35)45-39(51)54-3)29-16-19-46(20-17-29)25-40(43)26-49(27-40)32-12-14-33(15-13-32)55(52,53)34-23-48(24-34)38(50)5-2/h5-6,8-9,12-15,18,21-22,29,34-36H,2,4,7,10-11,16-17,19-20,23-28H2,1,3H3,(H,45,51)/t35-,36-,41-/m0/s1. The van der Waals surface area contributed by atoms with Crippen LogP contribution in [0.4, 0.5) is 19.3 Å². The van der Waals surface area contributed by atoms with E-state index in [0.717, 1.165) is 55.6 Å². The molecule has 1 N–H and O–H groups in total. The van der Waals surface area contributed by atoms with Gasteiger partial charge in [-0.05, 0) is 98.6 Å². The van der Waals surface area contributed by atoms with Crippen LogP contribution in [-0.4, -0.2) is 110 Å². The Balaban J connectivity index is 1.04. The molecular weight excluding hydrogens is 727 g/mol. The van der Waals surface area contributed by atoms with Crippen LogP contribution in [0.2, 0.25) is 0 Å². The zero-order valence-electron chi connectivity index (χ0n) is 31.7. The van der Waals surface area contributed by atoms with Gasteiger partial charge in [0.05, 0.1) is 25.1 Å². The summed E-state index contributed by atoms with van der Waals surface area (Å²) in [6, 6.07) is 13.4. The van der Waals surface area contributed by atoms with E-state index >= 15 is 8.78 Å². The van der Waals surface area contributed by atoms with Crippen LogP contribution in [0.5, 0.6) is 0 Å². The van der Waals surface area contributed by atoms with Crippen molar-refractivity contribution in [3.05, 3.63) is 90.8 Å². The van der Waals surface area contributed by atoms with Gasteiger partial charge in [0, 0.05) is 62.1 Å². The number of ether oxygens (including phenoxy) is 1. The maximum Gasteiger partial charge on any atom is 0.407 e. The molecule has 0 radical (unpaired) electrons. The predicted molar refractivity (Wildman–Crippen MR) is 206 cm³/mol. The summed E-state index contributed by atoms with van der Waals surface area (Å²) in [5, 5.41) is 2.48. The number of rotatable bonds is 13. The molecule has 2 amide bonds. The van der Waals surface area contributed by atoms with Crippen molar-refractivity contribution in [2.24, 2.45) is 11.8 Å². The van der Waals surface area contributed by atoms with Crippen LogP contribution in [0.1, 0.15) is 50.4 Å². The Morgan fingerprint density at radius 1 is 1.09 bits per heavy atom. The largest absolute Gasteiger partial charge is 0.453 e. The number of amides is 2. The zero-order valence-corrected chi connectivity index (χ0v) is 32.5. The van der Waals surface area contributed by atoms with Gasteiger partial charge in [-0.2, -0.15) is 0 Å². The van der Waals surface area contributed by atoms with Crippen LogP contribution >= 0.6 is 0 Å². The number of piperidine rings is 1. The molecule has 11 nitrogen and oxygen atoms in total. The molecular formula is C41H52F2N6O5S. The van der Waals surface area contributed by atoms with Crippen LogP contribution in [0.3, 0.4) is 0 Å². The highest BCUT2D eigenvalue weighted by Gasteiger charge is 2.53. The summed E-state index contributed by atoms with van der Waals surface area (Å²) in [7, 11) is -2.22. The second kappa shape index (κ2) is 15.7. The molecule has 3 saturated heterocycles. The summed E-state index contributed by atoms with van der Waals surface area (Å²) in [4.78, 5) is 34.8. The average molecular weight is 779 g/mol. The number of methoxy groups -OCH3 is 1. The van der Waals surface area contributed by atoms with E-state index in [1.165, 1.54) is 24.2 Å². The van der Waals surface area contributed by atoms with Gasteiger partial charge < -0.3 is 24.4 Å². The Morgan fingerprint density at radius 2 is 1.82 bits per heavy atom. The SMILES string of the molecule is C=CC(=O)N1CC(S(=O)(=O)c2ccc(N3CC(F)(CN4CCC([C@@](Cn5ccnc5CC)(c5cccc(F)c5)[C@H]5CCC[C@@H]5NC(=O)OC)CC4)C3)cc2)C1. The molecule has 3 aliphatic heterocycles. The van der Waals surface area contributed by atoms with Crippen LogP contribution < -0.4 is 10.2 Å². The molecule has 7 rings (SSSR count). The number of aryl methyl sites for hydroxylation is 1. The van der Waals surface area contributed by atoms with E-state index in [9.17, 15) is 18.0 Å². The molecule has 14 heteroatoms. The number of benzene rings is 2. The summed E-state index contributed by atoms with van der Waals surface area (Å²) in [6.07, 6.45) is 9.43. The number of nitrogens with zero attached hydrogens (tertiary/aromatic N) is 5. The van der Waals surface area contributed by atoms with E-state index in [1.54, 1.807) is 36.4 Å². The van der Waals surface area contributed by atoms with E-state index < -0.39 is 32.3 Å². The van der Waals surface area contributed by atoms with Crippen LogP contribution in [0.25, 0.3) is 0 Å². The molecule has 55 heavy (non-hydrogen) atoms. The summed E-state index contributed by atoms with van der Waals surface area (Å²) in [6.45, 7) is 8.47. The smallest absolute Gasteiger partial charge is 0.407 e. The van der Waals surface area contributed by atoms with Crippen molar-refractivity contribution in [1.29, 1.82) is 0 Å². The Hall–Kier alpha value is -4.30. The molecule has 0 unspecified atom stereocenters. The number of halogens is 2. The Kier molecular flexibility index (Phi) is 11.1. The number of aromatic nitrogens is 2. The van der Waals surface area contributed by atoms with Crippen molar-refractivity contribution < 1.29 is 31.5 Å². The lowest BCUT2D eigenvalue weighted by molar-refractivity contribution is -0.129. The van der Waals surface area contributed by atoms with Crippen molar-refractivity contribution in [2.75, 3.05) is 57.8 Å². The fourth-order valence-corrected chi connectivity index (χ4v) is 11.5. The predicted octanol–water partition coefficient (Wildman–Crippen LogP) is 5.16. The van der Waals surface area contributed by atoms with Gasteiger partial charge in [-0.3, -0.25) is 9.69 Å². The van der Waals surface area contributed by atoms with E-state index in [2.05, 4.69) is 33.3 Å². The molecule has 3 atom stereocenters. The van der Waals surface area contributed by atoms with E-state index in [4.69, 9.17) is 4.74 Å². The monoisotopic (exact) mass is 778 g/mol. The third-order valence-corrected chi connectivity index (χ3v) is 14.8. The first-order chi connectivity index (χ1) is 26.4. The Bertz CT molecular complexity index is 1970. The maximum absolute atomic E-state index is 16.3. The van der Waals surface area contributed by atoms with Gasteiger partial charge in [0.2, 0.25) is 5.91 Å². The normalized spacial score (nSPS) is 23.1. The van der Waals surface area contributed by atoms with Gasteiger partial charge in [0.15, 0.2) is 15.5 Å². The lowest BCUT2D eigenvalue weighted by atomic mass is 9.58. The highest BCUT2D eigenvalue weighted by atomic mass is 32.2. The maximum atomic E-state index is 16.3. The van der Waals surface area contributed by atoms with E-state index in [0.29, 0.717) is 19.6 Å². The van der Waals surface area contributed by atoms with Crippen LogP contribution in [0.15, 0.2) is 78.5 Å². The first-order valence-corrected chi connectivity index (χ1v) is 21.0. The molecule has 296 valence electrons. The summed E-state index contributed by atoms with van der Waals surface area (Å²) in [5.74, 6) is 0.505. The van der Waals surface area contributed by atoms with Crippen molar-refractivity contribution in [3.63, 3.8) is 0 Å². The summed E-state index contributed by atoms with van der Waals surface area (Å²) in [5.41, 5.74) is -0.279. The molecule has 4 heterocycles. The average Bonchev–Trinajstić information content (AvgIpc) is 3.81. The quantitative estimate of drug-likeness (QED) is 0.237. The minimum atomic E-state index is -3.59. The van der Waals surface area contributed by atoms with Crippen LogP contribution in [-0.2, 0) is 37.7 Å². The van der Waals surface area contributed by atoms with Crippen molar-refractivity contribution in [1.82, 2.24) is 24.7 Å². The molecule has 0 spiro atoms. The topological polar surface area (TPSA) is 117 Å². The van der Waals surface area contributed by atoms with Crippen molar-refractivity contribution in [2.45, 2.75) is 79.3 Å². The van der Waals surface area contributed by atoms with Gasteiger partial charge in [0.1, 0.15) is 16.9 Å². The van der Waals surface area contributed by atoms with Gasteiger partial charge >= 0.3 is 6.09 Å². The number of imidazole rings is 1. The van der Waals surface area contributed by atoms with E-state index in [1.807, 2.05) is 23.4 Å². The van der Waals surface area contributed by atoms with Gasteiger partial charge in [-0.25, -0.2) is 27.0 Å². The van der Waals surface area contributed by atoms with E-state index in [-0.39, 0.29) is 67.2 Å². The van der Waals surface area contributed by atoms with Crippen molar-refractivity contribution >= 4 is 27.5 Å². The summed E-state index contributed by atoms with van der Waals surface area (Å²) < 4.78 is 64.9. The zero-order chi connectivity index (χ0) is 39.0. The molecule has 1 saturated carbocycles. The molecule has 0 bridgehead atoms. The number of nitrogens with one attached hydrogen (secondary N) is 1. The first-order valence-electron chi connectivity index (χ1n) is 19.4. The van der Waals surface area contributed by atoms with Gasteiger partial charge in [-0.1, -0.05) is 32.1 Å². The number of alkyl halides is 1. The number of sulfone groups is 1. The fraction of sp³-hybridized carbons (Fsp3) is 0.537. The third-order valence-electron chi connectivity index (χ3n) is 12.7. The number of carbonyl (C=O) groups excluding carboxylic acids is 2. The first kappa shape index (κ1) is 39.0. The summed E-state index contributed by atoms with van der Waals surface area (Å²) >= 11 is 0. The lowest BCUT2D eigenvalue weighted by Crippen LogP contribution is -2.64. The van der Waals surface area contributed by atoms with Gasteiger partial charge in [-0.15, -0.1) is 0 Å². The van der Waals surface area contributed by atoms with Crippen LogP contribution in [0, 0.1) is 17.7 Å². The number of hydrogen-bond acceptors (Lipinski definition) is 8. The molecule has 4 aliphatic rings. The van der Waals surface area contributed by atoms with Crippen molar-refractivity contribution in [3.8, 4) is 0 Å². The minimum absolute atomic E-state index is 0.0102. The fourth-order valence-electron chi connectivity index (χ4n) is 9.82. The lowest BCUT2D eigenvalue weighted by Gasteiger charge is -2.52. The van der Waals surface area contributed by atoms with Gasteiger partial charge in [0.25, 0.3) is 0 Å². The molecule has 4 fully saturated rings. The second-order valence-electron chi connectivity index (χ2n) is 15.8. The molecule has 3 aromatic rings. The highest BCUT2D eigenvalue weighted by Crippen LogP contribution is 2.52.